The molecule has 10 heavy (non-hydrogen) atoms. The molecule has 2 aromatic heterocycles. The van der Waals surface area contributed by atoms with Gasteiger partial charge in [-0.1, -0.05) is 0 Å². The van der Waals surface area contributed by atoms with E-state index in [0.29, 0.717) is 5.69 Å². The molecule has 5 nitrogen and oxygen atoms in total. The standard InChI is InChI=1S/C5H4N4O/c1-2-6-8-4(1)5-9-7-3-10-5/h1-3H,(H,6,8)/i3D. The molecular formula is C5H4N4O. The molecule has 0 atom stereocenters. The third-order valence-corrected chi connectivity index (χ3v) is 1.06. The summed E-state index contributed by atoms with van der Waals surface area (Å²) >= 11 is 0. The summed E-state index contributed by atoms with van der Waals surface area (Å²) in [7, 11) is 0. The predicted molar refractivity (Wildman–Crippen MR) is 31.9 cm³/mol. The average Bonchev–Trinajstić information content (AvgIpc) is 2.55. The van der Waals surface area contributed by atoms with Gasteiger partial charge in [-0.25, -0.2) is 0 Å². The molecule has 2 aromatic rings. The molecule has 0 aromatic carbocycles. The van der Waals surface area contributed by atoms with Gasteiger partial charge in [0.2, 0.25) is 6.37 Å². The van der Waals surface area contributed by atoms with Crippen LogP contribution in [0.5, 0.6) is 0 Å². The second-order valence-electron chi connectivity index (χ2n) is 1.67. The van der Waals surface area contributed by atoms with Crippen molar-refractivity contribution in [3.63, 3.8) is 0 Å². The van der Waals surface area contributed by atoms with Gasteiger partial charge in [0.25, 0.3) is 5.89 Å². The van der Waals surface area contributed by atoms with E-state index >= 15 is 0 Å². The van der Waals surface area contributed by atoms with Crippen LogP contribution in [-0.4, -0.2) is 20.4 Å². The van der Waals surface area contributed by atoms with E-state index in [1.165, 1.54) is 0 Å². The topological polar surface area (TPSA) is 67.6 Å². The molecule has 5 heteroatoms. The maximum atomic E-state index is 6.94. The second-order valence-corrected chi connectivity index (χ2v) is 1.67. The number of hydrogen-bond acceptors (Lipinski definition) is 4. The third kappa shape index (κ3) is 0.680. The highest BCUT2D eigenvalue weighted by Gasteiger charge is 2.01. The lowest BCUT2D eigenvalue weighted by Crippen LogP contribution is -1.76. The van der Waals surface area contributed by atoms with E-state index in [4.69, 9.17) is 5.79 Å². The fourth-order valence-corrected chi connectivity index (χ4v) is 0.634. The minimum Gasteiger partial charge on any atom is -0.422 e. The van der Waals surface area contributed by atoms with Gasteiger partial charge >= 0.3 is 0 Å². The maximum Gasteiger partial charge on any atom is 0.265 e. The first-order valence-electron chi connectivity index (χ1n) is 3.16. The molecule has 1 N–H and O–H groups in total. The van der Waals surface area contributed by atoms with Crippen LogP contribution in [0.25, 0.3) is 11.6 Å². The van der Waals surface area contributed by atoms with Crippen LogP contribution in [0.3, 0.4) is 0 Å². The first-order valence-corrected chi connectivity index (χ1v) is 2.66. The Balaban J connectivity index is 2.45. The monoisotopic (exact) mass is 137 g/mol. The zero-order chi connectivity index (χ0) is 7.68. The van der Waals surface area contributed by atoms with E-state index in [0.717, 1.165) is 0 Å². The van der Waals surface area contributed by atoms with Gasteiger partial charge in [-0.05, 0) is 6.07 Å². The fraction of sp³-hybridized carbons (Fsp3) is 0. The van der Waals surface area contributed by atoms with E-state index in [1.54, 1.807) is 12.3 Å². The zero-order valence-electron chi connectivity index (χ0n) is 5.90. The van der Waals surface area contributed by atoms with Crippen molar-refractivity contribution in [3.8, 4) is 11.6 Å². The number of aromatic nitrogens is 4. The molecule has 0 bridgehead atoms. The van der Waals surface area contributed by atoms with Crippen LogP contribution in [0.2, 0.25) is 0 Å². The summed E-state index contributed by atoms with van der Waals surface area (Å²) in [6, 6.07) is 1.69. The molecule has 2 heterocycles. The summed E-state index contributed by atoms with van der Waals surface area (Å²) in [6.45, 7) is 0. The Morgan fingerprint density at radius 1 is 1.70 bits per heavy atom. The summed E-state index contributed by atoms with van der Waals surface area (Å²) in [4.78, 5) is 0. The average molecular weight is 137 g/mol. The Labute approximate surface area is 57.5 Å². The number of hydrogen-bond donors (Lipinski definition) is 1. The molecule has 0 aliphatic carbocycles. The molecule has 0 saturated heterocycles. The number of rotatable bonds is 1. The van der Waals surface area contributed by atoms with Crippen molar-refractivity contribution in [1.29, 1.82) is 0 Å². The Kier molecular flexibility index (Phi) is 0.818. The molecule has 0 amide bonds. The van der Waals surface area contributed by atoms with Gasteiger partial charge in [0, 0.05) is 6.20 Å². The molecule has 0 fully saturated rings. The van der Waals surface area contributed by atoms with E-state index in [2.05, 4.69) is 20.4 Å². The molecule has 50 valence electrons. The Hall–Kier alpha value is -1.65. The fourth-order valence-electron chi connectivity index (χ4n) is 0.634. The largest absolute Gasteiger partial charge is 0.422 e. The van der Waals surface area contributed by atoms with Gasteiger partial charge in [0.05, 0.1) is 0 Å². The highest BCUT2D eigenvalue weighted by molar-refractivity contribution is 5.43. The van der Waals surface area contributed by atoms with Gasteiger partial charge in [-0.15, -0.1) is 10.2 Å². The Morgan fingerprint density at radius 2 is 2.70 bits per heavy atom. The van der Waals surface area contributed by atoms with Crippen LogP contribution in [-0.2, 0) is 0 Å². The maximum absolute atomic E-state index is 6.94. The van der Waals surface area contributed by atoms with E-state index < -0.39 is 0 Å². The first kappa shape index (κ1) is 4.21. The van der Waals surface area contributed by atoms with Crippen molar-refractivity contribution in [2.45, 2.75) is 0 Å². The lowest BCUT2D eigenvalue weighted by atomic mass is 10.4. The smallest absolute Gasteiger partial charge is 0.265 e. The highest BCUT2D eigenvalue weighted by atomic mass is 16.4. The number of nitrogens with one attached hydrogen (secondary N) is 1. The van der Waals surface area contributed by atoms with E-state index in [1.807, 2.05) is 0 Å². The summed E-state index contributed by atoms with van der Waals surface area (Å²) in [5.41, 5.74) is 0.621. The number of aromatic amines is 1. The van der Waals surface area contributed by atoms with Crippen LogP contribution in [0.4, 0.5) is 0 Å². The molecular weight excluding hydrogens is 132 g/mol. The minimum atomic E-state index is -0.199. The molecule has 0 saturated carbocycles. The van der Waals surface area contributed by atoms with Crippen LogP contribution in [0.1, 0.15) is 1.37 Å². The molecule has 0 aliphatic rings. The van der Waals surface area contributed by atoms with Crippen LogP contribution in [0.15, 0.2) is 23.1 Å². The molecule has 0 radical (unpaired) electrons. The Bertz CT molecular complexity index is 341. The number of nitrogens with zero attached hydrogens (tertiary/aromatic N) is 3. The van der Waals surface area contributed by atoms with Gasteiger partial charge in [-0.3, -0.25) is 5.10 Å². The van der Waals surface area contributed by atoms with Crippen molar-refractivity contribution in [3.05, 3.63) is 18.6 Å². The van der Waals surface area contributed by atoms with Crippen molar-refractivity contribution in [1.82, 2.24) is 20.4 Å². The van der Waals surface area contributed by atoms with Gasteiger partial charge in [0.15, 0.2) is 0 Å². The lowest BCUT2D eigenvalue weighted by Gasteiger charge is -1.81. The van der Waals surface area contributed by atoms with Crippen molar-refractivity contribution in [2.24, 2.45) is 0 Å². The quantitative estimate of drug-likeness (QED) is 0.620. The third-order valence-electron chi connectivity index (χ3n) is 1.06. The molecule has 0 spiro atoms. The molecule has 2 rings (SSSR count). The summed E-state index contributed by atoms with van der Waals surface area (Å²) < 4.78 is 11.7. The summed E-state index contributed by atoms with van der Waals surface area (Å²) in [5, 5.41) is 13.3. The second kappa shape index (κ2) is 1.94. The number of H-pyrrole nitrogens is 1. The van der Waals surface area contributed by atoms with Crippen LogP contribution >= 0.6 is 0 Å². The van der Waals surface area contributed by atoms with Crippen LogP contribution in [0, 0.1) is 0 Å². The minimum absolute atomic E-state index is 0.199. The van der Waals surface area contributed by atoms with Crippen molar-refractivity contribution >= 4 is 0 Å². The predicted octanol–water partition coefficient (Wildman–Crippen LogP) is 0.460. The molecule has 0 unspecified atom stereocenters. The highest BCUT2D eigenvalue weighted by Crippen LogP contribution is 2.09. The van der Waals surface area contributed by atoms with Gasteiger partial charge in [0.1, 0.15) is 7.06 Å². The Morgan fingerprint density at radius 3 is 3.30 bits per heavy atom. The van der Waals surface area contributed by atoms with E-state index in [-0.39, 0.29) is 12.3 Å². The van der Waals surface area contributed by atoms with Gasteiger partial charge < -0.3 is 4.42 Å². The van der Waals surface area contributed by atoms with Crippen LogP contribution < -0.4 is 0 Å². The SMILES string of the molecule is [2H]c1nnc(-c2ccn[nH]2)o1. The molecule has 0 aliphatic heterocycles. The first-order chi connectivity index (χ1) is 5.36. The lowest BCUT2D eigenvalue weighted by molar-refractivity contribution is 0.566. The van der Waals surface area contributed by atoms with Crippen molar-refractivity contribution in [2.75, 3.05) is 0 Å². The van der Waals surface area contributed by atoms with Gasteiger partial charge in [-0.2, -0.15) is 5.10 Å². The zero-order valence-corrected chi connectivity index (χ0v) is 4.90. The van der Waals surface area contributed by atoms with E-state index in [9.17, 15) is 0 Å². The summed E-state index contributed by atoms with van der Waals surface area (Å²) in [5.74, 6) is 0.285. The summed E-state index contributed by atoms with van der Waals surface area (Å²) in [6.07, 6.45) is 1.37. The normalized spacial score (nSPS) is 11.4. The van der Waals surface area contributed by atoms with Crippen molar-refractivity contribution < 1.29 is 5.79 Å².